The Bertz CT molecular complexity index is 2650. The number of benzene rings is 2. The van der Waals surface area contributed by atoms with Gasteiger partial charge in [-0.1, -0.05) is 32.9 Å². The minimum absolute atomic E-state index is 0.0236. The van der Waals surface area contributed by atoms with Crippen LogP contribution in [0.1, 0.15) is 78.8 Å². The molecule has 0 bridgehead atoms. The third-order valence-electron chi connectivity index (χ3n) is 11.1. The van der Waals surface area contributed by atoms with Crippen LogP contribution < -0.4 is 36.1 Å². The van der Waals surface area contributed by atoms with Crippen molar-refractivity contribution in [3.8, 4) is 34.7 Å². The van der Waals surface area contributed by atoms with Crippen LogP contribution in [-0.4, -0.2) is 93.2 Å². The van der Waals surface area contributed by atoms with Crippen LogP contribution in [0.2, 0.25) is 0 Å². The maximum atomic E-state index is 14.9. The van der Waals surface area contributed by atoms with Gasteiger partial charge in [0, 0.05) is 60.0 Å². The number of nitrogens with zero attached hydrogens (tertiary/aromatic N) is 4. The Morgan fingerprint density at radius 1 is 0.909 bits per heavy atom. The maximum absolute atomic E-state index is 14.9. The van der Waals surface area contributed by atoms with Crippen molar-refractivity contribution in [2.75, 3.05) is 34.9 Å². The molecule has 16 nitrogen and oxygen atoms in total. The molecule has 2 aliphatic heterocycles. The van der Waals surface area contributed by atoms with Gasteiger partial charge in [0.2, 0.25) is 23.5 Å². The highest BCUT2D eigenvalue weighted by Crippen LogP contribution is 2.36. The number of fused-ring (bicyclic) bond motifs is 2. The molecule has 1 saturated heterocycles. The smallest absolute Gasteiger partial charge is 0.294 e. The molecule has 5 N–H and O–H groups in total. The lowest BCUT2D eigenvalue weighted by Crippen LogP contribution is -2.55. The number of rotatable bonds is 13. The molecular formula is C48H55N9O7S2. The van der Waals surface area contributed by atoms with Crippen molar-refractivity contribution in [1.82, 2.24) is 25.2 Å². The molecule has 18 heteroatoms. The van der Waals surface area contributed by atoms with Gasteiger partial charge in [-0.05, 0) is 63.3 Å². The summed E-state index contributed by atoms with van der Waals surface area (Å²) in [4.78, 5) is 85.7. The molecule has 7 rings (SSSR count). The Hall–Kier alpha value is -6.58. The predicted molar refractivity (Wildman–Crippen MR) is 258 cm³/mol. The SMILES string of the molecule is CCc1csc(NC(C(=O)N2C[C@@H](Oc3cc(-c4csc(NC(C)C)n4)nc4cc(OC)ccc34)C[C@H]2C(=O)N[C@@H]2CC#CCCCCC(=O)Nc3ccccc3NC(=O)C2=O)C(C)C)n1. The molecule has 2 aromatic carbocycles. The van der Waals surface area contributed by atoms with Crippen LogP contribution in [0.25, 0.3) is 22.3 Å². The van der Waals surface area contributed by atoms with E-state index in [1.807, 2.05) is 69.6 Å². The van der Waals surface area contributed by atoms with Crippen molar-refractivity contribution in [3.63, 3.8) is 0 Å². The van der Waals surface area contributed by atoms with E-state index < -0.39 is 41.8 Å². The van der Waals surface area contributed by atoms with Crippen molar-refractivity contribution in [3.05, 3.63) is 65.0 Å². The van der Waals surface area contributed by atoms with Crippen molar-refractivity contribution < 1.29 is 33.4 Å². The van der Waals surface area contributed by atoms with Gasteiger partial charge in [-0.25, -0.2) is 15.0 Å². The van der Waals surface area contributed by atoms with Crippen molar-refractivity contribution in [2.45, 2.75) is 110 Å². The topological polar surface area (TPSA) is 206 Å². The van der Waals surface area contributed by atoms with Crippen molar-refractivity contribution >= 4 is 84.6 Å². The molecule has 5 aromatic rings. The number of pyridine rings is 1. The Morgan fingerprint density at radius 2 is 1.67 bits per heavy atom. The summed E-state index contributed by atoms with van der Waals surface area (Å²) in [5.74, 6) is 3.68. The van der Waals surface area contributed by atoms with Gasteiger partial charge in [0.15, 0.2) is 10.3 Å². The summed E-state index contributed by atoms with van der Waals surface area (Å²) in [5, 5.41) is 20.8. The van der Waals surface area contributed by atoms with Crippen molar-refractivity contribution in [1.29, 1.82) is 0 Å². The van der Waals surface area contributed by atoms with Gasteiger partial charge in [-0.3, -0.25) is 24.0 Å². The van der Waals surface area contributed by atoms with Crippen molar-refractivity contribution in [2.24, 2.45) is 5.92 Å². The van der Waals surface area contributed by atoms with E-state index in [-0.39, 0.29) is 55.3 Å². The number of anilines is 4. The summed E-state index contributed by atoms with van der Waals surface area (Å²) in [6, 6.07) is 10.8. The number of para-hydroxylation sites is 2. The number of carbonyl (C=O) groups excluding carboxylic acids is 5. The molecule has 1 unspecified atom stereocenters. The number of hydrogen-bond acceptors (Lipinski definition) is 14. The molecular weight excluding hydrogens is 879 g/mol. The Morgan fingerprint density at radius 3 is 2.39 bits per heavy atom. The number of thiazole rings is 2. The zero-order valence-corrected chi connectivity index (χ0v) is 39.5. The number of carbonyl (C=O) groups is 5. The average molecular weight is 934 g/mol. The first-order valence-corrected chi connectivity index (χ1v) is 24.0. The largest absolute Gasteiger partial charge is 0.497 e. The Balaban J connectivity index is 1.21. The second kappa shape index (κ2) is 21.6. The zero-order valence-electron chi connectivity index (χ0n) is 37.9. The summed E-state index contributed by atoms with van der Waals surface area (Å²) in [6.45, 7) is 9.93. The number of methoxy groups -OCH3 is 1. The normalized spacial score (nSPS) is 18.6. The number of hydrogen-bond donors (Lipinski definition) is 5. The van der Waals surface area contributed by atoms with Crippen LogP contribution in [0.3, 0.4) is 0 Å². The fourth-order valence-electron chi connectivity index (χ4n) is 7.65. The van der Waals surface area contributed by atoms with Gasteiger partial charge in [0.25, 0.3) is 5.91 Å². The molecule has 0 spiro atoms. The van der Waals surface area contributed by atoms with E-state index in [1.54, 1.807) is 31.4 Å². The molecule has 346 valence electrons. The highest BCUT2D eigenvalue weighted by molar-refractivity contribution is 7.14. The van der Waals surface area contributed by atoms with Gasteiger partial charge >= 0.3 is 0 Å². The van der Waals surface area contributed by atoms with Crippen LogP contribution in [0.15, 0.2) is 59.3 Å². The van der Waals surface area contributed by atoms with E-state index in [0.717, 1.165) is 17.2 Å². The third-order valence-corrected chi connectivity index (χ3v) is 12.7. The standard InChI is InChI=1S/C48H55N9O7S2/c1-7-29-25-65-48(50-29)56-42(27(2)3)46(62)57-24-31(64-40-23-37(38-26-66-47(55-38)49-28(4)5)51-36-21-30(63-6)19-20-32(36)40)22-39(57)44(60)54-35-17-11-9-8-10-12-18-41(58)52-33-15-13-14-16-34(33)53-45(61)43(35)59/h13-16,19-21,23,25-28,31,35,39,42H,7-8,10,12,17-18,22,24H2,1-6H3,(H,49,55)(H,50,56)(H,52,58)(H,53,61)(H,54,60)/t31-,35+,39-,42?/m0/s1. The number of amides is 4. The fraction of sp³-hybridized carbons (Fsp3) is 0.417. The van der Waals surface area contributed by atoms with Crippen LogP contribution in [0.5, 0.6) is 11.5 Å². The summed E-state index contributed by atoms with van der Waals surface area (Å²) in [6.07, 6.45) is 1.87. The van der Waals surface area contributed by atoms with E-state index in [1.165, 1.54) is 27.6 Å². The van der Waals surface area contributed by atoms with Gasteiger partial charge in [-0.2, -0.15) is 0 Å². The minimum Gasteiger partial charge on any atom is -0.497 e. The Labute approximate surface area is 392 Å². The van der Waals surface area contributed by atoms with Crippen LogP contribution in [0.4, 0.5) is 21.6 Å². The first-order chi connectivity index (χ1) is 31.8. The quantitative estimate of drug-likeness (QED) is 0.0583. The van der Waals surface area contributed by atoms with Gasteiger partial charge in [0.1, 0.15) is 41.4 Å². The number of likely N-dealkylation sites (tertiary alicyclic amines) is 1. The first kappa shape index (κ1) is 47.4. The molecule has 4 atom stereocenters. The maximum Gasteiger partial charge on any atom is 0.294 e. The van der Waals surface area contributed by atoms with E-state index in [4.69, 9.17) is 19.4 Å². The van der Waals surface area contributed by atoms with E-state index in [0.29, 0.717) is 63.9 Å². The number of ether oxygens (including phenoxy) is 2. The van der Waals surface area contributed by atoms with Gasteiger partial charge < -0.3 is 41.0 Å². The molecule has 2 aliphatic rings. The lowest BCUT2D eigenvalue weighted by Gasteiger charge is -2.30. The molecule has 0 saturated carbocycles. The average Bonchev–Trinajstić information content (AvgIpc) is 4.07. The predicted octanol–water partition coefficient (Wildman–Crippen LogP) is 7.29. The van der Waals surface area contributed by atoms with Crippen LogP contribution in [-0.2, 0) is 30.4 Å². The van der Waals surface area contributed by atoms with Crippen LogP contribution in [0, 0.1) is 17.8 Å². The second-order valence-corrected chi connectivity index (χ2v) is 18.5. The summed E-state index contributed by atoms with van der Waals surface area (Å²) in [5.41, 5.74) is 3.26. The number of aryl methyl sites for hydroxylation is 1. The zero-order chi connectivity index (χ0) is 46.9. The summed E-state index contributed by atoms with van der Waals surface area (Å²) < 4.78 is 12.4. The number of Topliss-reactive ketones (excluding diaryl/α,β-unsaturated/α-hetero) is 1. The number of ketones is 1. The second-order valence-electron chi connectivity index (χ2n) is 16.8. The van der Waals surface area contributed by atoms with Gasteiger partial charge in [-0.15, -0.1) is 34.5 Å². The fourth-order valence-corrected chi connectivity index (χ4v) is 9.33. The summed E-state index contributed by atoms with van der Waals surface area (Å²) >= 11 is 2.86. The number of nitrogens with one attached hydrogen (secondary N) is 5. The lowest BCUT2D eigenvalue weighted by atomic mass is 10.0. The highest BCUT2D eigenvalue weighted by atomic mass is 32.1. The van der Waals surface area contributed by atoms with E-state index in [9.17, 15) is 24.0 Å². The molecule has 4 amide bonds. The number of aromatic nitrogens is 3. The Kier molecular flexibility index (Phi) is 15.5. The van der Waals surface area contributed by atoms with E-state index >= 15 is 0 Å². The first-order valence-electron chi connectivity index (χ1n) is 22.2. The molecule has 1 fully saturated rings. The molecule has 5 heterocycles. The summed E-state index contributed by atoms with van der Waals surface area (Å²) in [7, 11) is 1.58. The highest BCUT2D eigenvalue weighted by Gasteiger charge is 2.45. The van der Waals surface area contributed by atoms with Gasteiger partial charge in [0.05, 0.1) is 41.9 Å². The molecule has 0 aliphatic carbocycles. The molecule has 3 aromatic heterocycles. The molecule has 66 heavy (non-hydrogen) atoms. The monoisotopic (exact) mass is 933 g/mol. The molecule has 0 radical (unpaired) electrons. The lowest BCUT2D eigenvalue weighted by molar-refractivity contribution is -0.141. The van der Waals surface area contributed by atoms with E-state index in [2.05, 4.69) is 43.4 Å². The van der Waals surface area contributed by atoms with Crippen LogP contribution >= 0.6 is 22.7 Å². The minimum atomic E-state index is -1.36. The third kappa shape index (κ3) is 11.6.